The number of amides is 1. The number of hydrogen-bond donors (Lipinski definition) is 1. The Balaban J connectivity index is 1.55. The number of carbonyl (C=O) groups excluding carboxylic acids is 1. The van der Waals surface area contributed by atoms with Crippen molar-refractivity contribution in [1.29, 1.82) is 0 Å². The van der Waals surface area contributed by atoms with Gasteiger partial charge in [-0.05, 0) is 35.3 Å². The fourth-order valence-electron chi connectivity index (χ4n) is 2.45. The summed E-state index contributed by atoms with van der Waals surface area (Å²) in [5, 5.41) is 3.96. The van der Waals surface area contributed by atoms with Crippen molar-refractivity contribution in [2.45, 2.75) is 6.92 Å². The summed E-state index contributed by atoms with van der Waals surface area (Å²) in [4.78, 5) is 11.8. The molecule has 3 aromatic rings. The molecular weight excluding hydrogens is 320 g/mol. The second-order valence-electron chi connectivity index (χ2n) is 5.97. The van der Waals surface area contributed by atoms with Gasteiger partial charge in [-0.25, -0.2) is 5.43 Å². The van der Waals surface area contributed by atoms with E-state index in [2.05, 4.69) is 22.7 Å². The molecule has 0 spiro atoms. The molecule has 128 valence electrons. The van der Waals surface area contributed by atoms with Crippen molar-refractivity contribution in [2.75, 3.05) is 0 Å². The van der Waals surface area contributed by atoms with Gasteiger partial charge in [0.05, 0.1) is 6.21 Å². The van der Waals surface area contributed by atoms with Gasteiger partial charge in [0.25, 0.3) is 5.91 Å². The first-order valence-corrected chi connectivity index (χ1v) is 8.44. The predicted molar refractivity (Wildman–Crippen MR) is 108 cm³/mol. The van der Waals surface area contributed by atoms with E-state index in [-0.39, 0.29) is 5.91 Å². The molecule has 0 aliphatic heterocycles. The van der Waals surface area contributed by atoms with Crippen LogP contribution in [0.4, 0.5) is 0 Å². The summed E-state index contributed by atoms with van der Waals surface area (Å²) >= 11 is 0. The maximum absolute atomic E-state index is 11.8. The van der Waals surface area contributed by atoms with Crippen LogP contribution in [0.5, 0.6) is 0 Å². The molecule has 0 unspecified atom stereocenters. The third-order valence-electron chi connectivity index (χ3n) is 3.91. The molecule has 0 atom stereocenters. The second-order valence-corrected chi connectivity index (χ2v) is 5.97. The van der Waals surface area contributed by atoms with Crippen LogP contribution in [0.3, 0.4) is 0 Å². The summed E-state index contributed by atoms with van der Waals surface area (Å²) in [6, 6.07) is 26.2. The molecule has 0 aliphatic rings. The van der Waals surface area contributed by atoms with Crippen LogP contribution in [0.15, 0.2) is 90.0 Å². The Kier molecular flexibility index (Phi) is 5.73. The standard InChI is InChI=1S/C23H20N2O/c1-18-7-9-20(10-8-18)17-24-25-23(26)16-13-19-11-14-22(15-12-19)21-5-3-2-4-6-21/h2-17H,1H3,(H,25,26)/b16-13+,24-17+. The Bertz CT molecular complexity index is 909. The van der Waals surface area contributed by atoms with Crippen molar-refractivity contribution in [2.24, 2.45) is 5.10 Å². The average Bonchev–Trinajstić information content (AvgIpc) is 2.69. The van der Waals surface area contributed by atoms with Gasteiger partial charge in [-0.1, -0.05) is 84.4 Å². The molecule has 1 N–H and O–H groups in total. The number of hydrazone groups is 1. The minimum Gasteiger partial charge on any atom is -0.268 e. The van der Waals surface area contributed by atoms with E-state index in [0.717, 1.165) is 16.7 Å². The highest BCUT2D eigenvalue weighted by molar-refractivity contribution is 5.92. The molecule has 0 fully saturated rings. The fraction of sp³-hybridized carbons (Fsp3) is 0.0435. The first kappa shape index (κ1) is 17.4. The monoisotopic (exact) mass is 340 g/mol. The summed E-state index contributed by atoms with van der Waals surface area (Å²) in [5.41, 5.74) is 7.91. The van der Waals surface area contributed by atoms with Crippen molar-refractivity contribution in [3.8, 4) is 11.1 Å². The first-order chi connectivity index (χ1) is 12.7. The zero-order valence-corrected chi connectivity index (χ0v) is 14.6. The molecule has 0 radical (unpaired) electrons. The topological polar surface area (TPSA) is 41.5 Å². The largest absolute Gasteiger partial charge is 0.268 e. The summed E-state index contributed by atoms with van der Waals surface area (Å²) in [7, 11) is 0. The maximum Gasteiger partial charge on any atom is 0.264 e. The Hall–Kier alpha value is -3.46. The van der Waals surface area contributed by atoms with E-state index >= 15 is 0 Å². The molecule has 3 rings (SSSR count). The third-order valence-corrected chi connectivity index (χ3v) is 3.91. The van der Waals surface area contributed by atoms with Gasteiger partial charge < -0.3 is 0 Å². The molecular formula is C23H20N2O. The highest BCUT2D eigenvalue weighted by Gasteiger charge is 1.97. The molecule has 0 saturated heterocycles. The number of nitrogens with zero attached hydrogens (tertiary/aromatic N) is 1. The number of aryl methyl sites for hydroxylation is 1. The lowest BCUT2D eigenvalue weighted by molar-refractivity contribution is -0.116. The minimum absolute atomic E-state index is 0.263. The lowest BCUT2D eigenvalue weighted by Gasteiger charge is -2.01. The SMILES string of the molecule is Cc1ccc(/C=N/NC(=O)/C=C/c2ccc(-c3ccccc3)cc2)cc1. The average molecular weight is 340 g/mol. The van der Waals surface area contributed by atoms with Crippen LogP contribution >= 0.6 is 0 Å². The van der Waals surface area contributed by atoms with Gasteiger partial charge in [-0.3, -0.25) is 4.79 Å². The predicted octanol–water partition coefficient (Wildman–Crippen LogP) is 4.83. The molecule has 3 heteroatoms. The van der Waals surface area contributed by atoms with Crippen molar-refractivity contribution in [1.82, 2.24) is 5.43 Å². The fourth-order valence-corrected chi connectivity index (χ4v) is 2.45. The van der Waals surface area contributed by atoms with Crippen molar-refractivity contribution in [3.05, 3.63) is 102 Å². The lowest BCUT2D eigenvalue weighted by Crippen LogP contribution is -2.14. The van der Waals surface area contributed by atoms with Crippen LogP contribution in [0.25, 0.3) is 17.2 Å². The molecule has 1 amide bonds. The molecule has 0 bridgehead atoms. The zero-order valence-electron chi connectivity index (χ0n) is 14.6. The molecule has 0 heterocycles. The quantitative estimate of drug-likeness (QED) is 0.403. The van der Waals surface area contributed by atoms with Crippen LogP contribution in [0.1, 0.15) is 16.7 Å². The van der Waals surface area contributed by atoms with Crippen LogP contribution < -0.4 is 5.43 Å². The van der Waals surface area contributed by atoms with Gasteiger partial charge >= 0.3 is 0 Å². The van der Waals surface area contributed by atoms with E-state index < -0.39 is 0 Å². The number of nitrogens with one attached hydrogen (secondary N) is 1. The van der Waals surface area contributed by atoms with E-state index in [1.54, 1.807) is 12.3 Å². The van der Waals surface area contributed by atoms with Gasteiger partial charge in [0.15, 0.2) is 0 Å². The van der Waals surface area contributed by atoms with Crippen LogP contribution in [0.2, 0.25) is 0 Å². The Labute approximate surface area is 153 Å². The smallest absolute Gasteiger partial charge is 0.264 e. The highest BCUT2D eigenvalue weighted by Crippen LogP contribution is 2.19. The van der Waals surface area contributed by atoms with Crippen molar-refractivity contribution < 1.29 is 4.79 Å². The van der Waals surface area contributed by atoms with Crippen LogP contribution in [-0.2, 0) is 4.79 Å². The molecule has 3 aromatic carbocycles. The molecule has 26 heavy (non-hydrogen) atoms. The van der Waals surface area contributed by atoms with Gasteiger partial charge in [-0.15, -0.1) is 0 Å². The van der Waals surface area contributed by atoms with E-state index in [1.807, 2.05) is 73.7 Å². The number of rotatable bonds is 5. The Morgan fingerprint density at radius 1 is 0.808 bits per heavy atom. The van der Waals surface area contributed by atoms with Crippen molar-refractivity contribution in [3.63, 3.8) is 0 Å². The summed E-state index contributed by atoms with van der Waals surface area (Å²) in [6.45, 7) is 2.03. The summed E-state index contributed by atoms with van der Waals surface area (Å²) in [5.74, 6) is -0.263. The van der Waals surface area contributed by atoms with Crippen LogP contribution in [-0.4, -0.2) is 12.1 Å². The van der Waals surface area contributed by atoms with E-state index in [1.165, 1.54) is 17.2 Å². The number of benzene rings is 3. The Morgan fingerprint density at radius 2 is 1.42 bits per heavy atom. The third kappa shape index (κ3) is 5.02. The summed E-state index contributed by atoms with van der Waals surface area (Å²) in [6.07, 6.45) is 4.87. The first-order valence-electron chi connectivity index (χ1n) is 8.44. The zero-order chi connectivity index (χ0) is 18.2. The Morgan fingerprint density at radius 3 is 2.12 bits per heavy atom. The lowest BCUT2D eigenvalue weighted by atomic mass is 10.0. The van der Waals surface area contributed by atoms with Gasteiger partial charge in [0, 0.05) is 6.08 Å². The highest BCUT2D eigenvalue weighted by atomic mass is 16.2. The van der Waals surface area contributed by atoms with Gasteiger partial charge in [0.1, 0.15) is 0 Å². The van der Waals surface area contributed by atoms with Crippen LogP contribution in [0, 0.1) is 6.92 Å². The molecule has 3 nitrogen and oxygen atoms in total. The summed E-state index contributed by atoms with van der Waals surface area (Å²) < 4.78 is 0. The van der Waals surface area contributed by atoms with E-state index in [0.29, 0.717) is 0 Å². The van der Waals surface area contributed by atoms with Gasteiger partial charge in [-0.2, -0.15) is 5.10 Å². The van der Waals surface area contributed by atoms with E-state index in [9.17, 15) is 4.79 Å². The second kappa shape index (κ2) is 8.58. The number of carbonyl (C=O) groups is 1. The molecule has 0 aromatic heterocycles. The van der Waals surface area contributed by atoms with Crippen molar-refractivity contribution >= 4 is 18.2 Å². The molecule has 0 aliphatic carbocycles. The van der Waals surface area contributed by atoms with E-state index in [4.69, 9.17) is 0 Å². The minimum atomic E-state index is -0.263. The number of hydrogen-bond acceptors (Lipinski definition) is 2. The normalized spacial score (nSPS) is 11.1. The maximum atomic E-state index is 11.8. The molecule has 0 saturated carbocycles. The van der Waals surface area contributed by atoms with Gasteiger partial charge in [0.2, 0.25) is 0 Å².